The quantitative estimate of drug-likeness (QED) is 0.840. The maximum absolute atomic E-state index is 13.6. The third-order valence-corrected chi connectivity index (χ3v) is 3.01. The molecule has 1 unspecified atom stereocenters. The monoisotopic (exact) mass is 271 g/mol. The molecule has 0 amide bonds. The summed E-state index contributed by atoms with van der Waals surface area (Å²) in [6, 6.07) is 6.67. The van der Waals surface area contributed by atoms with Gasteiger partial charge in [0, 0.05) is 35.3 Å². The fraction of sp³-hybridized carbons (Fsp3) is 0.250. The van der Waals surface area contributed by atoms with E-state index in [4.69, 9.17) is 5.73 Å². The van der Waals surface area contributed by atoms with Gasteiger partial charge in [-0.15, -0.1) is 0 Å². The molecular weight excluding hydrogens is 253 g/mol. The lowest BCUT2D eigenvalue weighted by atomic mass is 9.97. The van der Waals surface area contributed by atoms with Gasteiger partial charge in [-0.2, -0.15) is 0 Å². The van der Waals surface area contributed by atoms with Crippen molar-refractivity contribution in [3.8, 4) is 0 Å². The Morgan fingerprint density at radius 1 is 1.50 bits per heavy atom. The van der Waals surface area contributed by atoms with Crippen molar-refractivity contribution in [3.05, 3.63) is 59.7 Å². The average Bonchev–Trinajstić information content (AvgIpc) is 2.45. The molecule has 1 aliphatic heterocycles. The molecule has 20 heavy (non-hydrogen) atoms. The van der Waals surface area contributed by atoms with Crippen molar-refractivity contribution in [2.45, 2.75) is 19.9 Å². The molecule has 0 spiro atoms. The number of rotatable bonds is 4. The minimum Gasteiger partial charge on any atom is -0.402 e. The Morgan fingerprint density at radius 3 is 2.95 bits per heavy atom. The smallest absolute Gasteiger partial charge is 0.128 e. The number of hydrogen-bond acceptors (Lipinski definition) is 3. The second-order valence-corrected chi connectivity index (χ2v) is 4.74. The van der Waals surface area contributed by atoms with Gasteiger partial charge in [-0.3, -0.25) is 9.98 Å². The van der Waals surface area contributed by atoms with Gasteiger partial charge in [0.2, 0.25) is 0 Å². The molecule has 3 nitrogen and oxygen atoms in total. The van der Waals surface area contributed by atoms with E-state index in [0.717, 1.165) is 12.1 Å². The Balaban J connectivity index is 2.20. The van der Waals surface area contributed by atoms with Crippen LogP contribution in [0.4, 0.5) is 4.39 Å². The molecule has 104 valence electrons. The van der Waals surface area contributed by atoms with Gasteiger partial charge in [-0.1, -0.05) is 24.3 Å². The van der Waals surface area contributed by atoms with Crippen LogP contribution in [0.1, 0.15) is 18.9 Å². The Morgan fingerprint density at radius 2 is 2.30 bits per heavy atom. The van der Waals surface area contributed by atoms with E-state index in [1.807, 2.05) is 31.4 Å². The Hall–Kier alpha value is -2.23. The molecule has 1 aromatic rings. The molecule has 0 radical (unpaired) electrons. The molecule has 0 bridgehead atoms. The van der Waals surface area contributed by atoms with Crippen LogP contribution in [-0.2, 0) is 6.54 Å². The van der Waals surface area contributed by atoms with Crippen molar-refractivity contribution in [1.29, 1.82) is 0 Å². The number of allylic oxidation sites excluding steroid dienone is 3. The van der Waals surface area contributed by atoms with Crippen molar-refractivity contribution in [3.63, 3.8) is 0 Å². The first-order valence-corrected chi connectivity index (χ1v) is 6.56. The first-order valence-electron chi connectivity index (χ1n) is 6.56. The molecule has 0 saturated carbocycles. The minimum atomic E-state index is -0.232. The summed E-state index contributed by atoms with van der Waals surface area (Å²) in [5, 5.41) is 0. The second-order valence-electron chi connectivity index (χ2n) is 4.74. The van der Waals surface area contributed by atoms with Gasteiger partial charge in [0.25, 0.3) is 0 Å². The van der Waals surface area contributed by atoms with Gasteiger partial charge in [0.05, 0.1) is 6.54 Å². The fourth-order valence-electron chi connectivity index (χ4n) is 1.99. The third kappa shape index (κ3) is 3.88. The number of nitrogens with zero attached hydrogens (tertiary/aromatic N) is 2. The SMILES string of the molecule is CC(N)=CC(=NCc1ccccc1F)C1C=CN=CC1. The fourth-order valence-corrected chi connectivity index (χ4v) is 1.99. The summed E-state index contributed by atoms with van der Waals surface area (Å²) in [5.41, 5.74) is 7.88. The summed E-state index contributed by atoms with van der Waals surface area (Å²) in [6.07, 6.45) is 8.22. The zero-order valence-electron chi connectivity index (χ0n) is 11.5. The standard InChI is InChI=1S/C16H18FN3/c1-12(18)10-16(13-6-8-19-9-7-13)20-11-14-4-2-3-5-15(14)17/h2-6,8-10,13H,7,11,18H2,1H3. The Kier molecular flexibility index (Phi) is 4.82. The molecular formula is C16H18FN3. The number of hydrogen-bond donors (Lipinski definition) is 1. The Labute approximate surface area is 118 Å². The lowest BCUT2D eigenvalue weighted by molar-refractivity contribution is 0.610. The predicted molar refractivity (Wildman–Crippen MR) is 81.2 cm³/mol. The van der Waals surface area contributed by atoms with Crippen molar-refractivity contribution >= 4 is 11.9 Å². The zero-order valence-corrected chi connectivity index (χ0v) is 11.5. The first kappa shape index (κ1) is 14.2. The summed E-state index contributed by atoms with van der Waals surface area (Å²) in [6.45, 7) is 2.13. The van der Waals surface area contributed by atoms with Crippen LogP contribution < -0.4 is 5.73 Å². The minimum absolute atomic E-state index is 0.151. The summed E-state index contributed by atoms with van der Waals surface area (Å²) in [4.78, 5) is 8.57. The number of halogens is 1. The van der Waals surface area contributed by atoms with E-state index in [9.17, 15) is 4.39 Å². The first-order chi connectivity index (χ1) is 9.66. The van der Waals surface area contributed by atoms with Crippen LogP contribution in [-0.4, -0.2) is 11.9 Å². The summed E-state index contributed by atoms with van der Waals surface area (Å²) in [7, 11) is 0. The lowest BCUT2D eigenvalue weighted by Crippen LogP contribution is -2.14. The van der Waals surface area contributed by atoms with E-state index in [-0.39, 0.29) is 11.7 Å². The highest BCUT2D eigenvalue weighted by molar-refractivity contribution is 5.99. The normalized spacial score (nSPS) is 19.4. The van der Waals surface area contributed by atoms with Gasteiger partial charge in [0.1, 0.15) is 5.82 Å². The highest BCUT2D eigenvalue weighted by Gasteiger charge is 2.12. The van der Waals surface area contributed by atoms with Crippen LogP contribution in [0.5, 0.6) is 0 Å². The number of nitrogens with two attached hydrogens (primary N) is 1. The van der Waals surface area contributed by atoms with E-state index < -0.39 is 0 Å². The number of aliphatic imine (C=N–C) groups is 2. The van der Waals surface area contributed by atoms with Crippen LogP contribution in [0.15, 0.2) is 58.3 Å². The van der Waals surface area contributed by atoms with Crippen molar-refractivity contribution < 1.29 is 4.39 Å². The van der Waals surface area contributed by atoms with E-state index >= 15 is 0 Å². The molecule has 0 aliphatic carbocycles. The molecule has 1 aromatic carbocycles. The molecule has 1 atom stereocenters. The van der Waals surface area contributed by atoms with Gasteiger partial charge in [-0.25, -0.2) is 4.39 Å². The van der Waals surface area contributed by atoms with E-state index in [1.54, 1.807) is 18.3 Å². The maximum Gasteiger partial charge on any atom is 0.128 e. The summed E-state index contributed by atoms with van der Waals surface area (Å²) < 4.78 is 13.6. The van der Waals surface area contributed by atoms with E-state index in [0.29, 0.717) is 17.8 Å². The second kappa shape index (κ2) is 6.80. The highest BCUT2D eigenvalue weighted by atomic mass is 19.1. The third-order valence-electron chi connectivity index (χ3n) is 3.01. The van der Waals surface area contributed by atoms with Crippen LogP contribution in [0, 0.1) is 11.7 Å². The largest absolute Gasteiger partial charge is 0.402 e. The van der Waals surface area contributed by atoms with Gasteiger partial charge in [-0.05, 0) is 25.5 Å². The molecule has 2 rings (SSSR count). The highest BCUT2D eigenvalue weighted by Crippen LogP contribution is 2.15. The van der Waals surface area contributed by atoms with Crippen LogP contribution in [0.2, 0.25) is 0 Å². The van der Waals surface area contributed by atoms with Crippen molar-refractivity contribution in [2.24, 2.45) is 21.6 Å². The molecule has 2 N–H and O–H groups in total. The van der Waals surface area contributed by atoms with Gasteiger partial charge < -0.3 is 5.73 Å². The number of benzene rings is 1. The topological polar surface area (TPSA) is 50.7 Å². The van der Waals surface area contributed by atoms with E-state index in [1.165, 1.54) is 6.07 Å². The Bertz CT molecular complexity index is 581. The van der Waals surface area contributed by atoms with Crippen molar-refractivity contribution in [2.75, 3.05) is 0 Å². The molecule has 0 fully saturated rings. The van der Waals surface area contributed by atoms with Crippen LogP contribution in [0.3, 0.4) is 0 Å². The molecule has 1 heterocycles. The molecule has 4 heteroatoms. The zero-order chi connectivity index (χ0) is 14.4. The van der Waals surface area contributed by atoms with Gasteiger partial charge >= 0.3 is 0 Å². The molecule has 0 saturated heterocycles. The lowest BCUT2D eigenvalue weighted by Gasteiger charge is -2.13. The summed E-state index contributed by atoms with van der Waals surface area (Å²) >= 11 is 0. The van der Waals surface area contributed by atoms with Gasteiger partial charge in [0.15, 0.2) is 0 Å². The van der Waals surface area contributed by atoms with Crippen LogP contribution in [0.25, 0.3) is 0 Å². The van der Waals surface area contributed by atoms with Crippen LogP contribution >= 0.6 is 0 Å². The average molecular weight is 271 g/mol. The maximum atomic E-state index is 13.6. The molecule has 0 aromatic heterocycles. The van der Waals surface area contributed by atoms with Crippen molar-refractivity contribution in [1.82, 2.24) is 0 Å². The van der Waals surface area contributed by atoms with E-state index in [2.05, 4.69) is 9.98 Å². The summed E-state index contributed by atoms with van der Waals surface area (Å²) in [5.74, 6) is -0.0810. The molecule has 1 aliphatic rings. The predicted octanol–water partition coefficient (Wildman–Crippen LogP) is 3.23.